The van der Waals surface area contributed by atoms with Gasteiger partial charge in [0.05, 0.1) is 41.9 Å². The molecular formula is C14H39Cl5N2O12P3+. The molecule has 0 radical (unpaired) electrons. The number of nitrogens with zero attached hydrogens (tertiary/aromatic N) is 1. The first kappa shape index (κ1) is 50.1. The Morgan fingerprint density at radius 3 is 1.53 bits per heavy atom. The van der Waals surface area contributed by atoms with Crippen molar-refractivity contribution in [2.75, 3.05) is 81.9 Å². The Hall–Kier alpha value is 1.25. The fraction of sp³-hybridized carbons (Fsp3) is 0.929. The van der Waals surface area contributed by atoms with Gasteiger partial charge in [0, 0.05) is 6.66 Å². The van der Waals surface area contributed by atoms with E-state index in [-0.39, 0.29) is 26.7 Å². The molecule has 0 aliphatic heterocycles. The highest BCUT2D eigenvalue weighted by Crippen LogP contribution is 2.61. The molecule has 22 heteroatoms. The SMILES string of the molecule is C.COC(=O)[NH+](C)CCO.CP(=O)(Cl)Cl.C[N+](C)(C)CCOP(=O)([O-])OCO.O=P(Cl)(Cl)Cl.OCO. The van der Waals surface area contributed by atoms with E-state index in [1.807, 2.05) is 21.1 Å². The third-order valence-corrected chi connectivity index (χ3v) is 3.18. The number of hydrogen-bond acceptors (Lipinski definition) is 12. The van der Waals surface area contributed by atoms with Crippen LogP contribution in [0.5, 0.6) is 0 Å². The van der Waals surface area contributed by atoms with Gasteiger partial charge in [-0.05, 0) is 56.2 Å². The van der Waals surface area contributed by atoms with Gasteiger partial charge < -0.3 is 39.1 Å². The molecule has 0 spiro atoms. The number of likely N-dealkylation sites (N-methyl/N-ethyl adjacent to an activating group) is 2. The average molecular weight is 698 g/mol. The molecule has 5 N–H and O–H groups in total. The zero-order valence-electron chi connectivity index (χ0n) is 20.0. The number of ether oxygens (including phenoxy) is 1. The lowest BCUT2D eigenvalue weighted by atomic mass is 10.5. The van der Waals surface area contributed by atoms with E-state index in [2.05, 4.69) is 47.5 Å². The van der Waals surface area contributed by atoms with E-state index in [1.54, 1.807) is 7.05 Å². The van der Waals surface area contributed by atoms with Crippen LogP contribution in [0.15, 0.2) is 0 Å². The summed E-state index contributed by atoms with van der Waals surface area (Å²) in [6.07, 6.45) is -0.343. The maximum absolute atomic E-state index is 10.7. The molecule has 36 heavy (non-hydrogen) atoms. The van der Waals surface area contributed by atoms with Gasteiger partial charge in [0.25, 0.3) is 7.82 Å². The summed E-state index contributed by atoms with van der Waals surface area (Å²) in [4.78, 5) is 21.8. The zero-order valence-corrected chi connectivity index (χ0v) is 26.4. The molecule has 2 unspecified atom stereocenters. The van der Waals surface area contributed by atoms with Crippen LogP contribution in [-0.2, 0) is 27.5 Å². The lowest BCUT2D eigenvalue weighted by Gasteiger charge is -2.26. The Morgan fingerprint density at radius 2 is 1.31 bits per heavy atom. The number of carbonyl (C=O) groups is 1. The molecule has 1 amide bonds. The van der Waals surface area contributed by atoms with Crippen molar-refractivity contribution in [1.82, 2.24) is 0 Å². The number of hydrogen-bond donors (Lipinski definition) is 5. The molecule has 0 aliphatic rings. The number of amides is 1. The molecule has 0 saturated heterocycles. The summed E-state index contributed by atoms with van der Waals surface area (Å²) in [5.41, 5.74) is 0. The van der Waals surface area contributed by atoms with Crippen LogP contribution in [0.2, 0.25) is 0 Å². The summed E-state index contributed by atoms with van der Waals surface area (Å²) in [7, 11) is 4.40. The van der Waals surface area contributed by atoms with Crippen molar-refractivity contribution < 1.29 is 67.0 Å². The van der Waals surface area contributed by atoms with E-state index in [0.717, 1.165) is 0 Å². The molecule has 0 aromatic heterocycles. The molecule has 0 aromatic carbocycles. The summed E-state index contributed by atoms with van der Waals surface area (Å²) in [5.74, 6) is -2.69. The van der Waals surface area contributed by atoms with Crippen LogP contribution >= 0.6 is 75.1 Å². The molecule has 0 heterocycles. The molecule has 0 rings (SSSR count). The van der Waals surface area contributed by atoms with Crippen LogP contribution in [0, 0.1) is 0 Å². The second-order valence-electron chi connectivity index (χ2n) is 6.56. The normalized spacial score (nSPS) is 13.1. The van der Waals surface area contributed by atoms with Gasteiger partial charge in [0.1, 0.15) is 26.5 Å². The van der Waals surface area contributed by atoms with Gasteiger partial charge in [-0.3, -0.25) is 18.2 Å². The van der Waals surface area contributed by atoms with E-state index in [1.165, 1.54) is 13.8 Å². The Kier molecular flexibility index (Phi) is 38.7. The number of aliphatic hydroxyl groups is 4. The average Bonchev–Trinajstić information content (AvgIpc) is 2.58. The zero-order chi connectivity index (χ0) is 29.5. The minimum atomic E-state index is -4.29. The number of quaternary nitrogens is 2. The minimum Gasteiger partial charge on any atom is -0.756 e. The van der Waals surface area contributed by atoms with Gasteiger partial charge in [0.15, 0.2) is 6.79 Å². The van der Waals surface area contributed by atoms with Gasteiger partial charge in [-0.1, -0.05) is 7.43 Å². The maximum atomic E-state index is 10.7. The van der Waals surface area contributed by atoms with Gasteiger partial charge in [0.2, 0.25) is 5.85 Å². The highest BCUT2D eigenvalue weighted by atomic mass is 36.0. The predicted octanol–water partition coefficient (Wildman–Crippen LogP) is 2.07. The first-order valence-corrected chi connectivity index (χ1v) is 18.7. The van der Waals surface area contributed by atoms with E-state index < -0.39 is 32.5 Å². The second-order valence-corrected chi connectivity index (χ2v) is 20.4. The third-order valence-electron chi connectivity index (χ3n) is 2.25. The van der Waals surface area contributed by atoms with Crippen LogP contribution in [0.1, 0.15) is 7.43 Å². The Balaban J connectivity index is -0.0000000853. The molecule has 0 fully saturated rings. The number of methoxy groups -OCH3 is 1. The Labute approximate surface area is 236 Å². The number of rotatable bonds is 8. The molecule has 0 aromatic rings. The summed E-state index contributed by atoms with van der Waals surface area (Å²) in [6, 6.07) is 0. The molecule has 0 saturated carbocycles. The smallest absolute Gasteiger partial charge is 0.513 e. The van der Waals surface area contributed by atoms with Crippen LogP contribution in [0.25, 0.3) is 0 Å². The monoisotopic (exact) mass is 695 g/mol. The van der Waals surface area contributed by atoms with E-state index >= 15 is 0 Å². The standard InChI is InChI=1S/C6H16NO5P.C5H11NO3.CH3Cl2OP.CH4O2.CH4.Cl3OP/c1-7(2,3)4-5-11-13(9,10)12-6-8;1-6(3-4-7)5(8)9-2;1-5(2,3)4;2-1-3;;1-5(2,3)4/h8H,4-6H2,1-3H3;7H,3-4H2,1-2H3;1H3;2-3H,1H2;1H4;/p+1. The molecule has 0 bridgehead atoms. The van der Waals surface area contributed by atoms with Crippen LogP contribution in [0.3, 0.4) is 0 Å². The number of phosphoric ester groups is 1. The summed E-state index contributed by atoms with van der Waals surface area (Å²) in [6.45, 7) is 0.625. The van der Waals surface area contributed by atoms with Crippen LogP contribution < -0.4 is 9.79 Å². The Morgan fingerprint density at radius 1 is 0.972 bits per heavy atom. The van der Waals surface area contributed by atoms with Gasteiger partial charge >= 0.3 is 11.3 Å². The highest BCUT2D eigenvalue weighted by Gasteiger charge is 2.13. The minimum absolute atomic E-state index is 0. The van der Waals surface area contributed by atoms with Gasteiger partial charge in [-0.2, -0.15) is 4.79 Å². The third kappa shape index (κ3) is 83.5. The topological polar surface area (TPSA) is 204 Å². The van der Waals surface area contributed by atoms with Crippen molar-refractivity contribution in [3.8, 4) is 0 Å². The van der Waals surface area contributed by atoms with Crippen molar-refractivity contribution >= 4 is 81.2 Å². The number of carbonyl (C=O) groups excluding carboxylic acids is 1. The first-order valence-electron chi connectivity index (χ1n) is 8.81. The van der Waals surface area contributed by atoms with Crippen molar-refractivity contribution in [3.63, 3.8) is 0 Å². The van der Waals surface area contributed by atoms with Crippen molar-refractivity contribution in [3.05, 3.63) is 0 Å². The first-order chi connectivity index (χ1) is 15.4. The quantitative estimate of drug-likeness (QED) is 0.141. The van der Waals surface area contributed by atoms with Gasteiger partial charge in [-0.25, -0.2) is 4.90 Å². The lowest BCUT2D eigenvalue weighted by Crippen LogP contribution is -3.12. The lowest BCUT2D eigenvalue weighted by molar-refractivity contribution is -0.870. The van der Waals surface area contributed by atoms with E-state index in [9.17, 15) is 23.4 Å². The van der Waals surface area contributed by atoms with E-state index in [4.69, 9.17) is 42.9 Å². The summed E-state index contributed by atoms with van der Waals surface area (Å²) >= 11 is 23.6. The maximum Gasteiger partial charge on any atom is 0.513 e. The second kappa shape index (κ2) is 27.8. The largest absolute Gasteiger partial charge is 0.756 e. The number of aliphatic hydroxyl groups excluding tert-OH is 3. The number of nitrogens with one attached hydrogen (secondary N) is 1. The highest BCUT2D eigenvalue weighted by molar-refractivity contribution is 8.24. The molecule has 14 nitrogen and oxygen atoms in total. The van der Waals surface area contributed by atoms with Crippen LogP contribution in [-0.4, -0.2) is 113 Å². The number of alkyl carbamates (subject to hydrolysis) is 2. The molecule has 2 atom stereocenters. The van der Waals surface area contributed by atoms with Crippen molar-refractivity contribution in [1.29, 1.82) is 0 Å². The molecule has 0 aliphatic carbocycles. The molecular weight excluding hydrogens is 658 g/mol. The van der Waals surface area contributed by atoms with E-state index in [0.29, 0.717) is 22.5 Å². The fourth-order valence-electron chi connectivity index (χ4n) is 0.978. The fourth-order valence-corrected chi connectivity index (χ4v) is 1.50. The van der Waals surface area contributed by atoms with Crippen molar-refractivity contribution in [2.24, 2.45) is 0 Å². The predicted molar refractivity (Wildman–Crippen MR) is 142 cm³/mol. The van der Waals surface area contributed by atoms with Crippen LogP contribution in [0.4, 0.5) is 4.79 Å². The summed E-state index contributed by atoms with van der Waals surface area (Å²) < 4.78 is 43.4. The van der Waals surface area contributed by atoms with Gasteiger partial charge in [-0.15, -0.1) is 0 Å². The van der Waals surface area contributed by atoms with Crippen molar-refractivity contribution in [2.45, 2.75) is 7.43 Å². The summed E-state index contributed by atoms with van der Waals surface area (Å²) in [5, 5.41) is 27.6. The number of halogens is 5. The number of phosphoric acid groups is 1. The molecule has 226 valence electrons. The Bertz CT molecular complexity index is 613.